The molecule has 3 N–H and O–H groups in total. The van der Waals surface area contributed by atoms with Gasteiger partial charge in [-0.2, -0.15) is 0 Å². The summed E-state index contributed by atoms with van der Waals surface area (Å²) in [5.74, 6) is -0.427. The first-order chi connectivity index (χ1) is 7.97. The number of hydrogen-bond acceptors (Lipinski definition) is 3. The van der Waals surface area contributed by atoms with Crippen molar-refractivity contribution in [3.8, 4) is 0 Å². The molecule has 0 radical (unpaired) electrons. The van der Waals surface area contributed by atoms with Crippen LogP contribution in [0.1, 0.15) is 41.5 Å². The fraction of sp³-hybridized carbons (Fsp3) is 0.846. The second kappa shape index (κ2) is 6.18. The Labute approximate surface area is 109 Å². The molecule has 0 rings (SSSR count). The molecular formula is C13H26N2O3. The van der Waals surface area contributed by atoms with Crippen LogP contribution in [0.3, 0.4) is 0 Å². The van der Waals surface area contributed by atoms with Gasteiger partial charge < -0.3 is 15.7 Å². The second-order valence-corrected chi connectivity index (χ2v) is 6.22. The van der Waals surface area contributed by atoms with Crippen LogP contribution in [-0.4, -0.2) is 35.6 Å². The predicted molar refractivity (Wildman–Crippen MR) is 70.9 cm³/mol. The number of carbonyl (C=O) groups is 2. The number of amides is 2. The quantitative estimate of drug-likeness (QED) is 0.678. The Balaban J connectivity index is 4.05. The Kier molecular flexibility index (Phi) is 5.80. The molecule has 0 saturated heterocycles. The van der Waals surface area contributed by atoms with Gasteiger partial charge in [0, 0.05) is 12.0 Å². The average molecular weight is 258 g/mol. The Bertz CT molecular complexity index is 304. The molecule has 0 aromatic heterocycles. The van der Waals surface area contributed by atoms with Crippen molar-refractivity contribution in [2.75, 3.05) is 13.1 Å². The van der Waals surface area contributed by atoms with Crippen LogP contribution in [0.25, 0.3) is 0 Å². The maximum Gasteiger partial charge on any atom is 0.239 e. The molecule has 0 aliphatic rings. The summed E-state index contributed by atoms with van der Waals surface area (Å²) in [6.45, 7) is 10.9. The van der Waals surface area contributed by atoms with Gasteiger partial charge >= 0.3 is 0 Å². The van der Waals surface area contributed by atoms with Gasteiger partial charge in [-0.15, -0.1) is 0 Å². The largest absolute Gasteiger partial charge is 0.388 e. The Morgan fingerprint density at radius 3 is 2.00 bits per heavy atom. The van der Waals surface area contributed by atoms with Crippen molar-refractivity contribution in [2.24, 2.45) is 11.3 Å². The lowest BCUT2D eigenvalue weighted by molar-refractivity contribution is -0.131. The summed E-state index contributed by atoms with van der Waals surface area (Å²) in [5, 5.41) is 15.1. The molecule has 0 spiro atoms. The van der Waals surface area contributed by atoms with Crippen LogP contribution in [0.4, 0.5) is 0 Å². The third kappa shape index (κ3) is 6.00. The van der Waals surface area contributed by atoms with Gasteiger partial charge in [0.1, 0.15) is 0 Å². The fourth-order valence-electron chi connectivity index (χ4n) is 0.970. The van der Waals surface area contributed by atoms with E-state index in [4.69, 9.17) is 0 Å². The molecule has 0 aromatic rings. The van der Waals surface area contributed by atoms with Crippen molar-refractivity contribution in [2.45, 2.75) is 47.1 Å². The molecular weight excluding hydrogens is 232 g/mol. The van der Waals surface area contributed by atoms with Crippen molar-refractivity contribution in [3.63, 3.8) is 0 Å². The van der Waals surface area contributed by atoms with E-state index in [1.54, 1.807) is 27.7 Å². The van der Waals surface area contributed by atoms with E-state index in [1.807, 2.05) is 13.8 Å². The number of nitrogens with one attached hydrogen (secondary N) is 2. The summed E-state index contributed by atoms with van der Waals surface area (Å²) in [4.78, 5) is 23.0. The third-order valence-corrected chi connectivity index (χ3v) is 2.98. The van der Waals surface area contributed by atoms with Crippen LogP contribution in [0.5, 0.6) is 0 Å². The molecule has 0 bridgehead atoms. The summed E-state index contributed by atoms with van der Waals surface area (Å²) < 4.78 is 0. The van der Waals surface area contributed by atoms with Crippen LogP contribution in [0.15, 0.2) is 0 Å². The van der Waals surface area contributed by atoms with Gasteiger partial charge in [0.15, 0.2) is 0 Å². The number of carbonyl (C=O) groups excluding carboxylic acids is 2. The standard InChI is InChI=1S/C13H26N2O3/c1-9(2)13(6,18)8-15-10(16)7-14-11(17)12(3,4)5/h9,18H,7-8H2,1-6H3,(H,14,17)(H,15,16). The zero-order valence-electron chi connectivity index (χ0n) is 12.3. The van der Waals surface area contributed by atoms with E-state index >= 15 is 0 Å². The lowest BCUT2D eigenvalue weighted by Gasteiger charge is -2.27. The zero-order chi connectivity index (χ0) is 14.6. The summed E-state index contributed by atoms with van der Waals surface area (Å²) in [6.07, 6.45) is 0. The van der Waals surface area contributed by atoms with Crippen LogP contribution in [-0.2, 0) is 9.59 Å². The van der Waals surface area contributed by atoms with Crippen LogP contribution < -0.4 is 10.6 Å². The normalized spacial score (nSPS) is 15.1. The van der Waals surface area contributed by atoms with Gasteiger partial charge in [0.05, 0.1) is 12.1 Å². The molecule has 0 fully saturated rings. The molecule has 0 saturated carbocycles. The third-order valence-electron chi connectivity index (χ3n) is 2.98. The van der Waals surface area contributed by atoms with Gasteiger partial charge in [0.2, 0.25) is 11.8 Å². The predicted octanol–water partition coefficient (Wildman–Crippen LogP) is 0.672. The van der Waals surface area contributed by atoms with Gasteiger partial charge in [-0.25, -0.2) is 0 Å². The highest BCUT2D eigenvalue weighted by atomic mass is 16.3. The highest BCUT2D eigenvalue weighted by Crippen LogP contribution is 2.14. The lowest BCUT2D eigenvalue weighted by atomic mass is 9.92. The van der Waals surface area contributed by atoms with Gasteiger partial charge in [-0.3, -0.25) is 9.59 Å². The molecule has 1 unspecified atom stereocenters. The second-order valence-electron chi connectivity index (χ2n) is 6.22. The highest BCUT2D eigenvalue weighted by Gasteiger charge is 2.26. The minimum atomic E-state index is -0.941. The van der Waals surface area contributed by atoms with Crippen LogP contribution in [0.2, 0.25) is 0 Å². The minimum Gasteiger partial charge on any atom is -0.388 e. The summed E-state index contributed by atoms with van der Waals surface area (Å²) >= 11 is 0. The van der Waals surface area contributed by atoms with Crippen LogP contribution >= 0.6 is 0 Å². The zero-order valence-corrected chi connectivity index (χ0v) is 12.3. The molecule has 106 valence electrons. The van der Waals surface area contributed by atoms with E-state index in [0.29, 0.717) is 0 Å². The fourth-order valence-corrected chi connectivity index (χ4v) is 0.970. The first kappa shape index (κ1) is 16.9. The number of aliphatic hydroxyl groups is 1. The average Bonchev–Trinajstić information content (AvgIpc) is 2.21. The molecule has 18 heavy (non-hydrogen) atoms. The molecule has 0 aliphatic carbocycles. The van der Waals surface area contributed by atoms with E-state index in [-0.39, 0.29) is 30.8 Å². The van der Waals surface area contributed by atoms with Gasteiger partial charge in [0.25, 0.3) is 0 Å². The summed E-state index contributed by atoms with van der Waals surface area (Å²) in [5.41, 5.74) is -1.45. The van der Waals surface area contributed by atoms with E-state index in [9.17, 15) is 14.7 Å². The highest BCUT2D eigenvalue weighted by molar-refractivity contribution is 5.87. The Morgan fingerprint density at radius 2 is 1.61 bits per heavy atom. The molecule has 2 amide bonds. The van der Waals surface area contributed by atoms with Crippen molar-refractivity contribution in [1.82, 2.24) is 10.6 Å². The topological polar surface area (TPSA) is 78.4 Å². The first-order valence-electron chi connectivity index (χ1n) is 6.24. The van der Waals surface area contributed by atoms with Crippen molar-refractivity contribution in [3.05, 3.63) is 0 Å². The van der Waals surface area contributed by atoms with Crippen molar-refractivity contribution < 1.29 is 14.7 Å². The van der Waals surface area contributed by atoms with Gasteiger partial charge in [-0.1, -0.05) is 34.6 Å². The molecule has 0 heterocycles. The molecule has 1 atom stereocenters. The molecule has 0 aromatic carbocycles. The van der Waals surface area contributed by atoms with E-state index in [1.165, 1.54) is 0 Å². The maximum absolute atomic E-state index is 11.5. The minimum absolute atomic E-state index is 0.0435. The molecule has 5 heteroatoms. The number of rotatable bonds is 5. The Morgan fingerprint density at radius 1 is 1.11 bits per heavy atom. The first-order valence-corrected chi connectivity index (χ1v) is 6.24. The molecule has 5 nitrogen and oxygen atoms in total. The van der Waals surface area contributed by atoms with Gasteiger partial charge in [-0.05, 0) is 12.8 Å². The maximum atomic E-state index is 11.5. The lowest BCUT2D eigenvalue weighted by Crippen LogP contribution is -2.48. The van der Waals surface area contributed by atoms with E-state index in [0.717, 1.165) is 0 Å². The van der Waals surface area contributed by atoms with Crippen LogP contribution in [0, 0.1) is 11.3 Å². The smallest absolute Gasteiger partial charge is 0.239 e. The van der Waals surface area contributed by atoms with E-state index in [2.05, 4.69) is 10.6 Å². The van der Waals surface area contributed by atoms with Crippen molar-refractivity contribution in [1.29, 1.82) is 0 Å². The van der Waals surface area contributed by atoms with E-state index < -0.39 is 11.0 Å². The van der Waals surface area contributed by atoms with Crippen molar-refractivity contribution >= 4 is 11.8 Å². The summed E-state index contributed by atoms with van der Waals surface area (Å²) in [6, 6.07) is 0. The monoisotopic (exact) mass is 258 g/mol. The molecule has 0 aliphatic heterocycles. The summed E-state index contributed by atoms with van der Waals surface area (Å²) in [7, 11) is 0. The Hall–Kier alpha value is -1.10. The number of hydrogen-bond donors (Lipinski definition) is 3. The SMILES string of the molecule is CC(C)C(C)(O)CNC(=O)CNC(=O)C(C)(C)C.